The standard InChI is InChI=1S/C21H23N5/c1-2-6-17(7-3-1)21-25-19(23-15-16-10-12-22-13-11-16)14-20(26-21)24-18-8-4-5-9-18/h1-3,6-7,10-14,18H,4-5,8-9,15H2,(H2,23,24,25,26). The van der Waals surface area contributed by atoms with E-state index < -0.39 is 0 Å². The second-order valence-electron chi connectivity index (χ2n) is 6.66. The van der Waals surface area contributed by atoms with Crippen LogP contribution >= 0.6 is 0 Å². The molecule has 2 aromatic heterocycles. The van der Waals surface area contributed by atoms with Crippen LogP contribution in [0.25, 0.3) is 11.4 Å². The van der Waals surface area contributed by atoms with Crippen molar-refractivity contribution in [1.82, 2.24) is 15.0 Å². The van der Waals surface area contributed by atoms with Crippen LogP contribution in [-0.4, -0.2) is 21.0 Å². The van der Waals surface area contributed by atoms with Crippen LogP contribution in [0, 0.1) is 0 Å². The van der Waals surface area contributed by atoms with E-state index in [-0.39, 0.29) is 0 Å². The van der Waals surface area contributed by atoms with Crippen molar-refractivity contribution in [1.29, 1.82) is 0 Å². The van der Waals surface area contributed by atoms with Crippen molar-refractivity contribution in [2.24, 2.45) is 0 Å². The highest BCUT2D eigenvalue weighted by Crippen LogP contribution is 2.25. The molecule has 26 heavy (non-hydrogen) atoms. The van der Waals surface area contributed by atoms with Crippen molar-refractivity contribution in [3.8, 4) is 11.4 Å². The lowest BCUT2D eigenvalue weighted by Crippen LogP contribution is -2.16. The number of pyridine rings is 1. The Labute approximate surface area is 153 Å². The third-order valence-electron chi connectivity index (χ3n) is 4.69. The van der Waals surface area contributed by atoms with Crippen LogP contribution in [0.1, 0.15) is 31.2 Å². The summed E-state index contributed by atoms with van der Waals surface area (Å²) in [7, 11) is 0. The molecule has 1 aliphatic rings. The summed E-state index contributed by atoms with van der Waals surface area (Å²) in [6.07, 6.45) is 8.62. The second kappa shape index (κ2) is 7.95. The van der Waals surface area contributed by atoms with Gasteiger partial charge in [0.2, 0.25) is 0 Å². The van der Waals surface area contributed by atoms with Crippen molar-refractivity contribution >= 4 is 11.6 Å². The van der Waals surface area contributed by atoms with Gasteiger partial charge >= 0.3 is 0 Å². The van der Waals surface area contributed by atoms with Crippen molar-refractivity contribution in [2.45, 2.75) is 38.3 Å². The van der Waals surface area contributed by atoms with Crippen LogP contribution in [0.2, 0.25) is 0 Å². The summed E-state index contributed by atoms with van der Waals surface area (Å²) in [6, 6.07) is 16.6. The molecule has 0 spiro atoms. The normalized spacial score (nSPS) is 14.3. The van der Waals surface area contributed by atoms with Gasteiger partial charge in [-0.25, -0.2) is 9.97 Å². The fraction of sp³-hybridized carbons (Fsp3) is 0.286. The Morgan fingerprint density at radius 1 is 0.885 bits per heavy atom. The van der Waals surface area contributed by atoms with Crippen LogP contribution in [0.15, 0.2) is 60.9 Å². The van der Waals surface area contributed by atoms with Gasteiger partial charge in [-0.05, 0) is 30.5 Å². The number of anilines is 2. The Balaban J connectivity index is 1.58. The second-order valence-corrected chi connectivity index (χ2v) is 6.66. The minimum Gasteiger partial charge on any atom is -0.367 e. The molecule has 132 valence electrons. The molecular weight excluding hydrogens is 322 g/mol. The zero-order valence-electron chi connectivity index (χ0n) is 14.7. The molecule has 1 aliphatic carbocycles. The summed E-state index contributed by atoms with van der Waals surface area (Å²) in [5, 5.41) is 7.01. The lowest BCUT2D eigenvalue weighted by atomic mass is 10.2. The van der Waals surface area contributed by atoms with Crippen molar-refractivity contribution < 1.29 is 0 Å². The van der Waals surface area contributed by atoms with Crippen molar-refractivity contribution in [3.05, 3.63) is 66.5 Å². The first-order valence-electron chi connectivity index (χ1n) is 9.21. The molecule has 0 bridgehead atoms. The molecule has 4 rings (SSSR count). The molecule has 0 unspecified atom stereocenters. The fourth-order valence-corrected chi connectivity index (χ4v) is 3.30. The lowest BCUT2D eigenvalue weighted by Gasteiger charge is -2.15. The van der Waals surface area contributed by atoms with E-state index in [0.717, 1.165) is 23.0 Å². The van der Waals surface area contributed by atoms with E-state index in [1.165, 1.54) is 31.2 Å². The maximum absolute atomic E-state index is 4.75. The molecule has 3 aromatic rings. The number of benzene rings is 1. The Morgan fingerprint density at radius 2 is 1.62 bits per heavy atom. The van der Waals surface area contributed by atoms with Crippen LogP contribution in [0.5, 0.6) is 0 Å². The Kier molecular flexibility index (Phi) is 5.05. The first-order valence-corrected chi connectivity index (χ1v) is 9.21. The van der Waals surface area contributed by atoms with E-state index in [1.807, 2.05) is 48.5 Å². The Morgan fingerprint density at radius 3 is 2.38 bits per heavy atom. The number of nitrogens with zero attached hydrogens (tertiary/aromatic N) is 3. The molecule has 1 aromatic carbocycles. The van der Waals surface area contributed by atoms with E-state index in [2.05, 4.69) is 15.6 Å². The van der Waals surface area contributed by atoms with E-state index in [9.17, 15) is 0 Å². The van der Waals surface area contributed by atoms with Gasteiger partial charge in [0.05, 0.1) is 0 Å². The predicted molar refractivity (Wildman–Crippen MR) is 105 cm³/mol. The first-order chi connectivity index (χ1) is 12.9. The minimum absolute atomic E-state index is 0.515. The van der Waals surface area contributed by atoms with Gasteiger partial charge in [0.1, 0.15) is 11.6 Å². The fourth-order valence-electron chi connectivity index (χ4n) is 3.30. The molecule has 5 nitrogen and oxygen atoms in total. The molecule has 1 fully saturated rings. The van der Waals surface area contributed by atoms with Crippen molar-refractivity contribution in [3.63, 3.8) is 0 Å². The van der Waals surface area contributed by atoms with Crippen LogP contribution < -0.4 is 10.6 Å². The lowest BCUT2D eigenvalue weighted by molar-refractivity contribution is 0.750. The van der Waals surface area contributed by atoms with Gasteiger partial charge in [0.15, 0.2) is 5.82 Å². The smallest absolute Gasteiger partial charge is 0.163 e. The van der Waals surface area contributed by atoms with Crippen molar-refractivity contribution in [2.75, 3.05) is 10.6 Å². The summed E-state index contributed by atoms with van der Waals surface area (Å²) < 4.78 is 0. The van der Waals surface area contributed by atoms with Crippen LogP contribution in [0.3, 0.4) is 0 Å². The van der Waals surface area contributed by atoms with E-state index >= 15 is 0 Å². The predicted octanol–water partition coefficient (Wildman–Crippen LogP) is 4.51. The third kappa shape index (κ3) is 4.17. The number of nitrogens with one attached hydrogen (secondary N) is 2. The average Bonchev–Trinajstić information content (AvgIpc) is 3.21. The Bertz CT molecular complexity index is 830. The quantitative estimate of drug-likeness (QED) is 0.688. The highest BCUT2D eigenvalue weighted by molar-refractivity contribution is 5.61. The topological polar surface area (TPSA) is 62.7 Å². The monoisotopic (exact) mass is 345 g/mol. The van der Waals surface area contributed by atoms with Crippen LogP contribution in [0.4, 0.5) is 11.6 Å². The number of hydrogen-bond acceptors (Lipinski definition) is 5. The summed E-state index contributed by atoms with van der Waals surface area (Å²) in [6.45, 7) is 0.705. The zero-order chi connectivity index (χ0) is 17.6. The maximum Gasteiger partial charge on any atom is 0.163 e. The van der Waals surface area contributed by atoms with Gasteiger partial charge in [0, 0.05) is 36.6 Å². The molecule has 0 radical (unpaired) electrons. The largest absolute Gasteiger partial charge is 0.367 e. The highest BCUT2D eigenvalue weighted by atomic mass is 15.1. The molecule has 1 saturated carbocycles. The van der Waals surface area contributed by atoms with E-state index in [1.54, 1.807) is 12.4 Å². The molecular formula is C21H23N5. The third-order valence-corrected chi connectivity index (χ3v) is 4.69. The van der Waals surface area contributed by atoms with Crippen LogP contribution in [-0.2, 0) is 6.54 Å². The molecule has 5 heteroatoms. The molecule has 0 amide bonds. The summed E-state index contributed by atoms with van der Waals surface area (Å²) in [5.41, 5.74) is 2.19. The van der Waals surface area contributed by atoms with Gasteiger partial charge in [-0.2, -0.15) is 0 Å². The average molecular weight is 345 g/mol. The molecule has 0 aliphatic heterocycles. The number of aromatic nitrogens is 3. The maximum atomic E-state index is 4.75. The molecule has 0 saturated heterocycles. The van der Waals surface area contributed by atoms with Gasteiger partial charge in [-0.15, -0.1) is 0 Å². The van der Waals surface area contributed by atoms with E-state index in [0.29, 0.717) is 12.6 Å². The molecule has 0 atom stereocenters. The molecule has 2 N–H and O–H groups in total. The van der Waals surface area contributed by atoms with Gasteiger partial charge in [-0.1, -0.05) is 43.2 Å². The van der Waals surface area contributed by atoms with E-state index in [4.69, 9.17) is 9.97 Å². The first kappa shape index (κ1) is 16.5. The van der Waals surface area contributed by atoms with Gasteiger partial charge < -0.3 is 10.6 Å². The number of hydrogen-bond donors (Lipinski definition) is 2. The summed E-state index contributed by atoms with van der Waals surface area (Å²) in [5.74, 6) is 2.46. The number of rotatable bonds is 6. The summed E-state index contributed by atoms with van der Waals surface area (Å²) in [4.78, 5) is 13.5. The minimum atomic E-state index is 0.515. The highest BCUT2D eigenvalue weighted by Gasteiger charge is 2.16. The Hall–Kier alpha value is -2.95. The SMILES string of the molecule is c1ccc(-c2nc(NCc3ccncc3)cc(NC3CCCC3)n2)cc1. The summed E-state index contributed by atoms with van der Waals surface area (Å²) >= 11 is 0. The van der Waals surface area contributed by atoms with Gasteiger partial charge in [0.25, 0.3) is 0 Å². The molecule has 2 heterocycles. The zero-order valence-corrected chi connectivity index (χ0v) is 14.7. The van der Waals surface area contributed by atoms with Gasteiger partial charge in [-0.3, -0.25) is 4.98 Å².